The van der Waals surface area contributed by atoms with E-state index in [1.165, 1.54) is 0 Å². The lowest BCUT2D eigenvalue weighted by Crippen LogP contribution is -2.52. The molecule has 0 aromatic heterocycles. The Morgan fingerprint density at radius 2 is 1.38 bits per heavy atom. The number of carbonyl (C=O) groups is 5. The molecule has 0 radical (unpaired) electrons. The highest BCUT2D eigenvalue weighted by Gasteiger charge is 2.37. The van der Waals surface area contributed by atoms with Crippen molar-refractivity contribution in [2.24, 2.45) is 11.7 Å². The van der Waals surface area contributed by atoms with Crippen molar-refractivity contribution in [1.29, 1.82) is 0 Å². The molecule has 0 spiro atoms. The topological polar surface area (TPSA) is 151 Å². The second-order valence-electron chi connectivity index (χ2n) is 5.12. The summed E-state index contributed by atoms with van der Waals surface area (Å²) in [6.45, 7) is 5.04. The summed E-state index contributed by atoms with van der Waals surface area (Å²) in [5.74, 6) is -5.23. The van der Waals surface area contributed by atoms with Gasteiger partial charge in [-0.15, -0.1) is 0 Å². The van der Waals surface area contributed by atoms with Crippen LogP contribution in [0.15, 0.2) is 0 Å². The van der Waals surface area contributed by atoms with Gasteiger partial charge in [-0.3, -0.25) is 24.0 Å². The van der Waals surface area contributed by atoms with Gasteiger partial charge in [0.15, 0.2) is 0 Å². The molecule has 26 heavy (non-hydrogen) atoms. The van der Waals surface area contributed by atoms with Crippen molar-refractivity contribution in [3.8, 4) is 0 Å². The van der Waals surface area contributed by atoms with Crippen molar-refractivity contribution >= 4 is 29.7 Å². The van der Waals surface area contributed by atoms with Crippen LogP contribution in [-0.2, 0) is 38.2 Å². The Morgan fingerprint density at radius 1 is 0.846 bits per heavy atom. The number of nitrogens with two attached hydrogens (primary N) is 1. The van der Waals surface area contributed by atoms with Gasteiger partial charge < -0.3 is 25.3 Å². The van der Waals surface area contributed by atoms with Gasteiger partial charge in [0.05, 0.1) is 38.6 Å². The Bertz CT molecular complexity index is 520. The molecule has 2 atom stereocenters. The second kappa shape index (κ2) is 12.7. The van der Waals surface area contributed by atoms with Crippen LogP contribution >= 0.6 is 0 Å². The Balaban J connectivity index is 5.10. The minimum absolute atomic E-state index is 0.0143. The number of nitrogens with one attached hydrogen (secondary N) is 1. The third-order valence-corrected chi connectivity index (χ3v) is 3.17. The van der Waals surface area contributed by atoms with Crippen LogP contribution in [0.5, 0.6) is 0 Å². The molecular formula is C16H26N2O8. The predicted octanol–water partition coefficient (Wildman–Crippen LogP) is -0.568. The van der Waals surface area contributed by atoms with Gasteiger partial charge >= 0.3 is 17.9 Å². The molecule has 3 N–H and O–H groups in total. The highest BCUT2D eigenvalue weighted by atomic mass is 16.5. The number of hydrogen-bond acceptors (Lipinski definition) is 8. The maximum Gasteiger partial charge on any atom is 0.312 e. The first kappa shape index (κ1) is 23.4. The van der Waals surface area contributed by atoms with Crippen molar-refractivity contribution in [2.75, 3.05) is 19.8 Å². The molecule has 0 bridgehead atoms. The summed E-state index contributed by atoms with van der Waals surface area (Å²) in [5, 5.41) is 2.27. The minimum atomic E-state index is -1.48. The summed E-state index contributed by atoms with van der Waals surface area (Å²) in [5.41, 5.74) is 5.27. The number of ether oxygens (including phenoxy) is 3. The molecule has 10 heteroatoms. The predicted molar refractivity (Wildman–Crippen MR) is 88.4 cm³/mol. The van der Waals surface area contributed by atoms with Gasteiger partial charge in [0.1, 0.15) is 6.04 Å². The summed E-state index contributed by atoms with van der Waals surface area (Å²) >= 11 is 0. The van der Waals surface area contributed by atoms with Crippen LogP contribution in [0.4, 0.5) is 0 Å². The molecule has 148 valence electrons. The SMILES string of the molecule is CCOC(=O)CCC(=O)N[C@@H](C(N)=O)[C@H](CC(=O)OCC)C(=O)OCC. The van der Waals surface area contributed by atoms with E-state index >= 15 is 0 Å². The summed E-state index contributed by atoms with van der Waals surface area (Å²) in [7, 11) is 0. The van der Waals surface area contributed by atoms with E-state index in [0.29, 0.717) is 0 Å². The zero-order valence-corrected chi connectivity index (χ0v) is 15.2. The molecular weight excluding hydrogens is 348 g/mol. The number of amides is 2. The van der Waals surface area contributed by atoms with E-state index in [0.717, 1.165) is 0 Å². The van der Waals surface area contributed by atoms with E-state index in [2.05, 4.69) is 5.32 Å². The van der Waals surface area contributed by atoms with Crippen LogP contribution in [0.2, 0.25) is 0 Å². The molecule has 0 rings (SSSR count). The summed E-state index contributed by atoms with van der Waals surface area (Å²) in [6, 6.07) is -1.48. The van der Waals surface area contributed by atoms with Crippen molar-refractivity contribution in [3.63, 3.8) is 0 Å². The fourth-order valence-corrected chi connectivity index (χ4v) is 2.05. The van der Waals surface area contributed by atoms with Crippen LogP contribution < -0.4 is 11.1 Å². The van der Waals surface area contributed by atoms with Gasteiger partial charge in [-0.25, -0.2) is 0 Å². The molecule has 0 aromatic rings. The van der Waals surface area contributed by atoms with E-state index in [4.69, 9.17) is 19.9 Å². The Hall–Kier alpha value is -2.65. The molecule has 2 amide bonds. The smallest absolute Gasteiger partial charge is 0.312 e. The molecule has 0 unspecified atom stereocenters. The first-order valence-electron chi connectivity index (χ1n) is 8.33. The normalized spacial score (nSPS) is 12.4. The molecule has 0 aliphatic rings. The maximum atomic E-state index is 12.1. The minimum Gasteiger partial charge on any atom is -0.466 e. The largest absolute Gasteiger partial charge is 0.466 e. The van der Waals surface area contributed by atoms with E-state index < -0.39 is 48.1 Å². The van der Waals surface area contributed by atoms with Crippen molar-refractivity contribution < 1.29 is 38.2 Å². The molecule has 0 aliphatic heterocycles. The van der Waals surface area contributed by atoms with Gasteiger partial charge in [-0.2, -0.15) is 0 Å². The van der Waals surface area contributed by atoms with E-state index in [-0.39, 0.29) is 32.7 Å². The van der Waals surface area contributed by atoms with E-state index in [1.54, 1.807) is 20.8 Å². The van der Waals surface area contributed by atoms with Gasteiger partial charge in [-0.05, 0) is 20.8 Å². The molecule has 0 saturated heterocycles. The number of hydrogen-bond donors (Lipinski definition) is 2. The second-order valence-corrected chi connectivity index (χ2v) is 5.12. The highest BCUT2D eigenvalue weighted by molar-refractivity contribution is 5.93. The fourth-order valence-electron chi connectivity index (χ4n) is 2.05. The quantitative estimate of drug-likeness (QED) is 0.340. The third kappa shape index (κ3) is 9.00. The molecule has 0 heterocycles. The maximum absolute atomic E-state index is 12.1. The summed E-state index contributed by atoms with van der Waals surface area (Å²) in [4.78, 5) is 58.8. The van der Waals surface area contributed by atoms with Crippen LogP contribution in [0.1, 0.15) is 40.0 Å². The first-order valence-corrected chi connectivity index (χ1v) is 8.33. The zero-order chi connectivity index (χ0) is 20.1. The Kier molecular flexibility index (Phi) is 11.4. The summed E-state index contributed by atoms with van der Waals surface area (Å²) < 4.78 is 14.3. The number of primary amides is 1. The highest BCUT2D eigenvalue weighted by Crippen LogP contribution is 2.14. The molecule has 0 aliphatic carbocycles. The van der Waals surface area contributed by atoms with Gasteiger partial charge in [-0.1, -0.05) is 0 Å². The van der Waals surface area contributed by atoms with Crippen LogP contribution in [0.3, 0.4) is 0 Å². The monoisotopic (exact) mass is 374 g/mol. The first-order chi connectivity index (χ1) is 12.3. The molecule has 10 nitrogen and oxygen atoms in total. The lowest BCUT2D eigenvalue weighted by Gasteiger charge is -2.23. The van der Waals surface area contributed by atoms with Crippen LogP contribution in [-0.4, -0.2) is 55.6 Å². The Morgan fingerprint density at radius 3 is 1.88 bits per heavy atom. The lowest BCUT2D eigenvalue weighted by atomic mass is 9.95. The number of carbonyl (C=O) groups excluding carboxylic acids is 5. The molecule has 0 saturated carbocycles. The van der Waals surface area contributed by atoms with E-state index in [1.807, 2.05) is 0 Å². The number of rotatable bonds is 12. The van der Waals surface area contributed by atoms with Crippen molar-refractivity contribution in [2.45, 2.75) is 46.1 Å². The molecule has 0 fully saturated rings. The van der Waals surface area contributed by atoms with Crippen molar-refractivity contribution in [1.82, 2.24) is 5.32 Å². The van der Waals surface area contributed by atoms with E-state index in [9.17, 15) is 24.0 Å². The molecule has 0 aromatic carbocycles. The van der Waals surface area contributed by atoms with Crippen LogP contribution in [0.25, 0.3) is 0 Å². The third-order valence-electron chi connectivity index (χ3n) is 3.17. The average molecular weight is 374 g/mol. The average Bonchev–Trinajstić information content (AvgIpc) is 2.56. The van der Waals surface area contributed by atoms with Crippen LogP contribution in [0, 0.1) is 5.92 Å². The van der Waals surface area contributed by atoms with Gasteiger partial charge in [0.2, 0.25) is 11.8 Å². The Labute approximate surface area is 151 Å². The van der Waals surface area contributed by atoms with Crippen molar-refractivity contribution in [3.05, 3.63) is 0 Å². The van der Waals surface area contributed by atoms with Gasteiger partial charge in [0, 0.05) is 6.42 Å². The van der Waals surface area contributed by atoms with Gasteiger partial charge in [0.25, 0.3) is 0 Å². The lowest BCUT2D eigenvalue weighted by molar-refractivity contribution is -0.157. The number of esters is 3. The summed E-state index contributed by atoms with van der Waals surface area (Å²) in [6.07, 6.45) is -0.955. The fraction of sp³-hybridized carbons (Fsp3) is 0.688. The zero-order valence-electron chi connectivity index (χ0n) is 15.2. The standard InChI is InChI=1S/C16H26N2O8/c1-4-24-12(20)8-7-11(19)18-14(15(17)22)10(16(23)26-6-3)9-13(21)25-5-2/h10,14H,4-9H2,1-3H3,(H2,17,22)(H,18,19)/t10-,14+/m0/s1.